The van der Waals surface area contributed by atoms with Crippen LogP contribution >= 0.6 is 0 Å². The number of nitrogens with zero attached hydrogens (tertiary/aromatic N) is 3. The quantitative estimate of drug-likeness (QED) is 0.489. The molecule has 0 saturated carbocycles. The summed E-state index contributed by atoms with van der Waals surface area (Å²) in [5, 5.41) is 10.0. The molecule has 0 spiro atoms. The molecule has 9 heteroatoms. The highest BCUT2D eigenvalue weighted by Crippen LogP contribution is 2.29. The number of benzene rings is 2. The minimum absolute atomic E-state index is 0.401. The van der Waals surface area contributed by atoms with Crippen LogP contribution < -0.4 is 24.8 Å². The van der Waals surface area contributed by atoms with Crippen LogP contribution in [0.1, 0.15) is 0 Å². The molecular weight excluding hydrogens is 398 g/mol. The van der Waals surface area contributed by atoms with Gasteiger partial charge in [0.15, 0.2) is 23.0 Å². The van der Waals surface area contributed by atoms with Crippen LogP contribution in [0.15, 0.2) is 60.8 Å². The molecule has 0 unspecified atom stereocenters. The van der Waals surface area contributed by atoms with Crippen molar-refractivity contribution in [3.63, 3.8) is 0 Å². The minimum Gasteiger partial charge on any atom is -0.497 e. The SMILES string of the molecule is COc1ccc(-c2nc3ccc(NC(=O)Nc4ccc(OC)c(OC)c4)cn3n2)cc1. The Labute approximate surface area is 178 Å². The van der Waals surface area contributed by atoms with Gasteiger partial charge in [-0.1, -0.05) is 0 Å². The number of rotatable bonds is 6. The first-order chi connectivity index (χ1) is 15.1. The van der Waals surface area contributed by atoms with Gasteiger partial charge in [0.05, 0.1) is 33.2 Å². The van der Waals surface area contributed by atoms with Crippen molar-refractivity contribution >= 4 is 23.1 Å². The summed E-state index contributed by atoms with van der Waals surface area (Å²) in [5.41, 5.74) is 2.66. The Balaban J connectivity index is 1.49. The Hall–Kier alpha value is -4.27. The second-order valence-electron chi connectivity index (χ2n) is 6.53. The third kappa shape index (κ3) is 4.35. The normalized spacial score (nSPS) is 10.5. The van der Waals surface area contributed by atoms with Gasteiger partial charge in [0.2, 0.25) is 0 Å². The lowest BCUT2D eigenvalue weighted by Crippen LogP contribution is -2.19. The zero-order valence-corrected chi connectivity index (χ0v) is 17.2. The highest BCUT2D eigenvalue weighted by Gasteiger charge is 2.10. The van der Waals surface area contributed by atoms with Gasteiger partial charge in [0, 0.05) is 17.3 Å². The molecule has 0 atom stereocenters. The Kier molecular flexibility index (Phi) is 5.57. The molecule has 4 aromatic rings. The van der Waals surface area contributed by atoms with E-state index in [1.54, 1.807) is 55.3 Å². The highest BCUT2D eigenvalue weighted by molar-refractivity contribution is 5.99. The van der Waals surface area contributed by atoms with E-state index in [2.05, 4.69) is 20.7 Å². The molecule has 2 amide bonds. The highest BCUT2D eigenvalue weighted by atomic mass is 16.5. The maximum Gasteiger partial charge on any atom is 0.323 e. The van der Waals surface area contributed by atoms with E-state index in [0.717, 1.165) is 11.3 Å². The number of aromatic nitrogens is 3. The van der Waals surface area contributed by atoms with E-state index in [1.807, 2.05) is 24.3 Å². The number of anilines is 2. The molecule has 2 aromatic heterocycles. The standard InChI is InChI=1S/C22H21N5O4/c1-29-17-8-4-14(5-9-17)21-25-20-11-7-16(13-27(20)26-21)24-22(28)23-15-6-10-18(30-2)19(12-15)31-3/h4-13H,1-3H3,(H2,23,24,28). The number of methoxy groups -OCH3 is 3. The molecule has 158 valence electrons. The lowest BCUT2D eigenvalue weighted by molar-refractivity contribution is 0.262. The van der Waals surface area contributed by atoms with Crippen LogP contribution in [0.2, 0.25) is 0 Å². The summed E-state index contributed by atoms with van der Waals surface area (Å²) >= 11 is 0. The smallest absolute Gasteiger partial charge is 0.323 e. The first-order valence-electron chi connectivity index (χ1n) is 9.40. The largest absolute Gasteiger partial charge is 0.497 e. The number of hydrogen-bond donors (Lipinski definition) is 2. The molecule has 2 N–H and O–H groups in total. The number of hydrogen-bond acceptors (Lipinski definition) is 6. The summed E-state index contributed by atoms with van der Waals surface area (Å²) in [5.74, 6) is 2.45. The van der Waals surface area contributed by atoms with Crippen LogP contribution in [0.4, 0.5) is 16.2 Å². The maximum atomic E-state index is 12.4. The van der Waals surface area contributed by atoms with Crippen LogP contribution in [-0.4, -0.2) is 42.0 Å². The maximum absolute atomic E-state index is 12.4. The molecule has 0 bridgehead atoms. The summed E-state index contributed by atoms with van der Waals surface area (Å²) in [7, 11) is 4.71. The molecule has 2 heterocycles. The van der Waals surface area contributed by atoms with Crippen LogP contribution in [0.25, 0.3) is 17.0 Å². The average molecular weight is 419 g/mol. The summed E-state index contributed by atoms with van der Waals surface area (Å²) in [6, 6.07) is 15.8. The van der Waals surface area contributed by atoms with Crippen molar-refractivity contribution in [2.24, 2.45) is 0 Å². The Morgan fingerprint density at radius 1 is 0.839 bits per heavy atom. The van der Waals surface area contributed by atoms with Gasteiger partial charge in [-0.25, -0.2) is 14.3 Å². The molecule has 4 rings (SSSR count). The van der Waals surface area contributed by atoms with Crippen molar-refractivity contribution in [1.29, 1.82) is 0 Å². The van der Waals surface area contributed by atoms with E-state index in [0.29, 0.717) is 34.3 Å². The Morgan fingerprint density at radius 3 is 2.26 bits per heavy atom. The monoisotopic (exact) mass is 419 g/mol. The van der Waals surface area contributed by atoms with Gasteiger partial charge in [-0.2, -0.15) is 0 Å². The predicted molar refractivity (Wildman–Crippen MR) is 117 cm³/mol. The molecule has 31 heavy (non-hydrogen) atoms. The molecular formula is C22H21N5O4. The lowest BCUT2D eigenvalue weighted by atomic mass is 10.2. The first kappa shape index (κ1) is 20.0. The van der Waals surface area contributed by atoms with Gasteiger partial charge >= 0.3 is 6.03 Å². The van der Waals surface area contributed by atoms with E-state index < -0.39 is 6.03 Å². The lowest BCUT2D eigenvalue weighted by Gasteiger charge is -2.11. The molecule has 9 nitrogen and oxygen atoms in total. The fourth-order valence-corrected chi connectivity index (χ4v) is 3.03. The molecule has 0 aliphatic carbocycles. The van der Waals surface area contributed by atoms with E-state index in [1.165, 1.54) is 7.11 Å². The van der Waals surface area contributed by atoms with Gasteiger partial charge in [-0.15, -0.1) is 5.10 Å². The second-order valence-corrected chi connectivity index (χ2v) is 6.53. The fraction of sp³-hybridized carbons (Fsp3) is 0.136. The molecule has 0 fully saturated rings. The Morgan fingerprint density at radius 2 is 1.55 bits per heavy atom. The number of urea groups is 1. The van der Waals surface area contributed by atoms with E-state index in [-0.39, 0.29) is 0 Å². The van der Waals surface area contributed by atoms with Gasteiger partial charge in [0.1, 0.15) is 5.75 Å². The predicted octanol–water partition coefficient (Wildman–Crippen LogP) is 4.07. The van der Waals surface area contributed by atoms with Crippen molar-refractivity contribution in [3.05, 3.63) is 60.8 Å². The molecule has 0 radical (unpaired) electrons. The van der Waals surface area contributed by atoms with Gasteiger partial charge in [-0.05, 0) is 48.5 Å². The van der Waals surface area contributed by atoms with Gasteiger partial charge < -0.3 is 24.8 Å². The van der Waals surface area contributed by atoms with Gasteiger partial charge in [0.25, 0.3) is 0 Å². The molecule has 0 aliphatic heterocycles. The summed E-state index contributed by atoms with van der Waals surface area (Å²) in [6.45, 7) is 0. The topological polar surface area (TPSA) is 99.0 Å². The van der Waals surface area contributed by atoms with E-state index >= 15 is 0 Å². The summed E-state index contributed by atoms with van der Waals surface area (Å²) in [4.78, 5) is 16.9. The number of carbonyl (C=O) groups excluding carboxylic acids is 1. The first-order valence-corrected chi connectivity index (χ1v) is 9.40. The van der Waals surface area contributed by atoms with Crippen molar-refractivity contribution in [2.75, 3.05) is 32.0 Å². The van der Waals surface area contributed by atoms with Crippen molar-refractivity contribution in [2.45, 2.75) is 0 Å². The number of ether oxygens (including phenoxy) is 3. The summed E-state index contributed by atoms with van der Waals surface area (Å²) in [6.07, 6.45) is 1.70. The fourth-order valence-electron chi connectivity index (χ4n) is 3.03. The summed E-state index contributed by atoms with van der Waals surface area (Å²) < 4.78 is 17.3. The van der Waals surface area contributed by atoms with Crippen LogP contribution in [0.3, 0.4) is 0 Å². The van der Waals surface area contributed by atoms with Crippen LogP contribution in [-0.2, 0) is 0 Å². The Bertz CT molecular complexity index is 1220. The van der Waals surface area contributed by atoms with Crippen molar-refractivity contribution in [3.8, 4) is 28.6 Å². The number of nitrogens with one attached hydrogen (secondary N) is 2. The number of pyridine rings is 1. The van der Waals surface area contributed by atoms with Crippen molar-refractivity contribution in [1.82, 2.24) is 14.6 Å². The third-order valence-corrected chi connectivity index (χ3v) is 4.58. The van der Waals surface area contributed by atoms with E-state index in [9.17, 15) is 4.79 Å². The molecule has 0 saturated heterocycles. The molecule has 0 aliphatic rings. The van der Waals surface area contributed by atoms with Crippen LogP contribution in [0.5, 0.6) is 17.2 Å². The van der Waals surface area contributed by atoms with Crippen molar-refractivity contribution < 1.29 is 19.0 Å². The minimum atomic E-state index is -0.401. The molecule has 2 aromatic carbocycles. The van der Waals surface area contributed by atoms with Gasteiger partial charge in [-0.3, -0.25) is 0 Å². The zero-order valence-electron chi connectivity index (χ0n) is 17.2. The average Bonchev–Trinajstić information content (AvgIpc) is 3.22. The third-order valence-electron chi connectivity index (χ3n) is 4.58. The number of fused-ring (bicyclic) bond motifs is 1. The zero-order chi connectivity index (χ0) is 21.8. The second kappa shape index (κ2) is 8.62. The van der Waals surface area contributed by atoms with Crippen LogP contribution in [0, 0.1) is 0 Å². The number of carbonyl (C=O) groups is 1. The number of amides is 2. The van der Waals surface area contributed by atoms with E-state index in [4.69, 9.17) is 14.2 Å².